The minimum atomic E-state index is 0.652. The standard InChI is InChI=1S/C45H26N4OS/c1-3-13-27(14-4-1)43-46-44(28-15-5-2-6-16-28)48-45(47-43)32-20-11-19-31-33-25-39-34(26-40(33)51-42(31)32)41-37(23-12-24-38(41)50-39)49-35-21-9-7-17-29(35)30-18-8-10-22-36(30)49/h1-26H. The van der Waals surface area contributed by atoms with Gasteiger partial charge in [-0.3, -0.25) is 0 Å². The van der Waals surface area contributed by atoms with Crippen molar-refractivity contribution in [3.05, 3.63) is 158 Å². The Labute approximate surface area is 295 Å². The van der Waals surface area contributed by atoms with Gasteiger partial charge in [0.05, 0.1) is 22.1 Å². The van der Waals surface area contributed by atoms with Crippen LogP contribution in [0, 0.1) is 0 Å². The smallest absolute Gasteiger partial charge is 0.165 e. The Morgan fingerprint density at radius 2 is 1.04 bits per heavy atom. The summed E-state index contributed by atoms with van der Waals surface area (Å²) in [7, 11) is 0. The first-order valence-electron chi connectivity index (χ1n) is 16.9. The van der Waals surface area contributed by atoms with Gasteiger partial charge in [0.15, 0.2) is 17.5 Å². The van der Waals surface area contributed by atoms with Crippen molar-refractivity contribution < 1.29 is 4.42 Å². The van der Waals surface area contributed by atoms with Crippen LogP contribution in [-0.2, 0) is 0 Å². The Morgan fingerprint density at radius 3 is 1.73 bits per heavy atom. The molecule has 0 fully saturated rings. The second-order valence-electron chi connectivity index (χ2n) is 12.8. The van der Waals surface area contributed by atoms with Crippen LogP contribution in [0.3, 0.4) is 0 Å². The SMILES string of the molecule is c1ccc(-c2nc(-c3ccccc3)nc(-c3cccc4c3sc3cc5c(cc34)oc3cccc(-n4c6ccccc6c6ccccc64)c35)n2)cc1. The molecule has 238 valence electrons. The number of nitrogens with zero attached hydrogens (tertiary/aromatic N) is 4. The molecule has 0 N–H and O–H groups in total. The number of benzene rings is 7. The van der Waals surface area contributed by atoms with Gasteiger partial charge in [-0.1, -0.05) is 115 Å². The fourth-order valence-corrected chi connectivity index (χ4v) is 8.80. The fraction of sp³-hybridized carbons (Fsp3) is 0. The number of hydrogen-bond acceptors (Lipinski definition) is 5. The third kappa shape index (κ3) is 4.30. The Bertz CT molecular complexity index is 3030. The number of furan rings is 1. The Morgan fingerprint density at radius 1 is 0.451 bits per heavy atom. The Kier molecular flexibility index (Phi) is 6.05. The molecule has 0 radical (unpaired) electrons. The Balaban J connectivity index is 1.15. The maximum Gasteiger partial charge on any atom is 0.165 e. The molecule has 0 aliphatic carbocycles. The first-order valence-corrected chi connectivity index (χ1v) is 17.8. The maximum atomic E-state index is 6.64. The summed E-state index contributed by atoms with van der Waals surface area (Å²) >= 11 is 1.77. The van der Waals surface area contributed by atoms with E-state index in [0.29, 0.717) is 17.5 Å². The van der Waals surface area contributed by atoms with Crippen LogP contribution < -0.4 is 0 Å². The van der Waals surface area contributed by atoms with E-state index in [-0.39, 0.29) is 0 Å². The van der Waals surface area contributed by atoms with Crippen LogP contribution in [0.2, 0.25) is 0 Å². The average Bonchev–Trinajstić information content (AvgIpc) is 3.86. The molecule has 0 saturated heterocycles. The highest BCUT2D eigenvalue weighted by molar-refractivity contribution is 7.26. The molecule has 7 aromatic carbocycles. The fourth-order valence-electron chi connectivity index (χ4n) is 7.57. The number of rotatable bonds is 4. The lowest BCUT2D eigenvalue weighted by molar-refractivity contribution is 0.669. The molecule has 0 amide bonds. The summed E-state index contributed by atoms with van der Waals surface area (Å²) < 4.78 is 11.3. The minimum absolute atomic E-state index is 0.652. The molecule has 0 atom stereocenters. The van der Waals surface area contributed by atoms with Gasteiger partial charge in [-0.05, 0) is 42.5 Å². The number of fused-ring (bicyclic) bond motifs is 9. The van der Waals surface area contributed by atoms with Crippen LogP contribution in [0.4, 0.5) is 0 Å². The molecular weight excluding hydrogens is 645 g/mol. The number of para-hydroxylation sites is 2. The molecule has 0 spiro atoms. The van der Waals surface area contributed by atoms with Crippen LogP contribution in [0.15, 0.2) is 162 Å². The summed E-state index contributed by atoms with van der Waals surface area (Å²) in [5.41, 5.74) is 8.09. The van der Waals surface area contributed by atoms with E-state index in [1.54, 1.807) is 11.3 Å². The van der Waals surface area contributed by atoms with E-state index in [1.807, 2.05) is 60.7 Å². The van der Waals surface area contributed by atoms with Crippen LogP contribution in [0.25, 0.3) is 104 Å². The van der Waals surface area contributed by atoms with Crippen molar-refractivity contribution in [2.45, 2.75) is 0 Å². The monoisotopic (exact) mass is 670 g/mol. The van der Waals surface area contributed by atoms with E-state index >= 15 is 0 Å². The summed E-state index contributed by atoms with van der Waals surface area (Å²) in [5, 5.41) is 6.99. The molecule has 51 heavy (non-hydrogen) atoms. The first-order chi connectivity index (χ1) is 25.3. The number of thiophene rings is 1. The van der Waals surface area contributed by atoms with E-state index in [4.69, 9.17) is 19.4 Å². The normalized spacial score (nSPS) is 11.9. The quantitative estimate of drug-likeness (QED) is 0.187. The molecule has 6 heteroatoms. The molecule has 0 bridgehead atoms. The van der Waals surface area contributed by atoms with Crippen molar-refractivity contribution in [3.8, 4) is 39.9 Å². The molecule has 4 aromatic heterocycles. The van der Waals surface area contributed by atoms with E-state index in [9.17, 15) is 0 Å². The molecular formula is C45H26N4OS. The molecule has 5 nitrogen and oxygen atoms in total. The highest BCUT2D eigenvalue weighted by Crippen LogP contribution is 2.44. The van der Waals surface area contributed by atoms with E-state index in [2.05, 4.69) is 102 Å². The van der Waals surface area contributed by atoms with Crippen molar-refractivity contribution in [3.63, 3.8) is 0 Å². The van der Waals surface area contributed by atoms with Gasteiger partial charge < -0.3 is 8.98 Å². The summed E-state index contributed by atoms with van der Waals surface area (Å²) in [6.45, 7) is 0. The highest BCUT2D eigenvalue weighted by atomic mass is 32.1. The van der Waals surface area contributed by atoms with Gasteiger partial charge in [0.2, 0.25) is 0 Å². The highest BCUT2D eigenvalue weighted by Gasteiger charge is 2.21. The topological polar surface area (TPSA) is 56.7 Å². The summed E-state index contributed by atoms with van der Waals surface area (Å²) in [5.74, 6) is 1.96. The minimum Gasteiger partial charge on any atom is -0.456 e. The zero-order valence-electron chi connectivity index (χ0n) is 27.1. The van der Waals surface area contributed by atoms with E-state index in [1.165, 1.54) is 26.5 Å². The van der Waals surface area contributed by atoms with Crippen molar-refractivity contribution in [2.24, 2.45) is 0 Å². The molecule has 11 rings (SSSR count). The van der Waals surface area contributed by atoms with Gasteiger partial charge in [0, 0.05) is 53.0 Å². The van der Waals surface area contributed by atoms with Gasteiger partial charge in [0.25, 0.3) is 0 Å². The number of aromatic nitrogens is 4. The average molecular weight is 671 g/mol. The van der Waals surface area contributed by atoms with Gasteiger partial charge in [-0.2, -0.15) is 0 Å². The maximum absolute atomic E-state index is 6.64. The first kappa shape index (κ1) is 28.2. The van der Waals surface area contributed by atoms with Gasteiger partial charge in [-0.15, -0.1) is 11.3 Å². The predicted octanol–water partition coefficient (Wildman–Crippen LogP) is 12.2. The third-order valence-corrected chi connectivity index (χ3v) is 11.1. The summed E-state index contributed by atoms with van der Waals surface area (Å²) in [6.07, 6.45) is 0. The van der Waals surface area contributed by atoms with Crippen LogP contribution in [0.5, 0.6) is 0 Å². The molecule has 0 saturated carbocycles. The van der Waals surface area contributed by atoms with Crippen LogP contribution in [-0.4, -0.2) is 19.5 Å². The van der Waals surface area contributed by atoms with E-state index < -0.39 is 0 Å². The zero-order chi connectivity index (χ0) is 33.5. The molecule has 0 unspecified atom stereocenters. The predicted molar refractivity (Wildman–Crippen MR) is 211 cm³/mol. The van der Waals surface area contributed by atoms with Crippen molar-refractivity contribution in [1.29, 1.82) is 0 Å². The van der Waals surface area contributed by atoms with Gasteiger partial charge >= 0.3 is 0 Å². The summed E-state index contributed by atoms with van der Waals surface area (Å²) in [4.78, 5) is 15.0. The van der Waals surface area contributed by atoms with Gasteiger partial charge in [-0.25, -0.2) is 15.0 Å². The van der Waals surface area contributed by atoms with Crippen molar-refractivity contribution >= 4 is 75.3 Å². The van der Waals surface area contributed by atoms with Crippen LogP contribution >= 0.6 is 11.3 Å². The molecule has 0 aliphatic rings. The zero-order valence-corrected chi connectivity index (χ0v) is 27.9. The van der Waals surface area contributed by atoms with E-state index in [0.717, 1.165) is 59.8 Å². The second-order valence-corrected chi connectivity index (χ2v) is 13.8. The van der Waals surface area contributed by atoms with Gasteiger partial charge in [0.1, 0.15) is 11.2 Å². The van der Waals surface area contributed by atoms with Crippen molar-refractivity contribution in [2.75, 3.05) is 0 Å². The molecule has 4 heterocycles. The largest absolute Gasteiger partial charge is 0.456 e. The molecule has 11 aromatic rings. The lowest BCUT2D eigenvalue weighted by Crippen LogP contribution is -2.00. The lowest BCUT2D eigenvalue weighted by atomic mass is 10.1. The van der Waals surface area contributed by atoms with Crippen molar-refractivity contribution in [1.82, 2.24) is 19.5 Å². The number of hydrogen-bond donors (Lipinski definition) is 0. The molecule has 0 aliphatic heterocycles. The third-order valence-electron chi connectivity index (χ3n) is 9.85. The Hall–Kier alpha value is -6.63. The van der Waals surface area contributed by atoms with Crippen LogP contribution in [0.1, 0.15) is 0 Å². The lowest BCUT2D eigenvalue weighted by Gasteiger charge is -2.09. The summed E-state index contributed by atoms with van der Waals surface area (Å²) in [6, 6.07) is 54.8. The second kappa shape index (κ2) is 10.9.